The van der Waals surface area contributed by atoms with Crippen molar-refractivity contribution in [2.75, 3.05) is 13.1 Å². The van der Waals surface area contributed by atoms with E-state index >= 15 is 0 Å². The second-order valence-corrected chi connectivity index (χ2v) is 8.03. The normalized spacial score (nSPS) is 21.4. The Morgan fingerprint density at radius 3 is 2.91 bits per heavy atom. The van der Waals surface area contributed by atoms with E-state index in [-0.39, 0.29) is 17.6 Å². The molecule has 1 atom stereocenters. The zero-order valence-electron chi connectivity index (χ0n) is 14.3. The summed E-state index contributed by atoms with van der Waals surface area (Å²) in [7, 11) is 0. The Morgan fingerprint density at radius 1 is 1.48 bits per heavy atom. The van der Waals surface area contributed by atoms with E-state index in [1.165, 1.54) is 4.88 Å². The van der Waals surface area contributed by atoms with Crippen molar-refractivity contribution in [2.24, 2.45) is 0 Å². The molecule has 1 saturated heterocycles. The monoisotopic (exact) mass is 333 g/mol. The van der Waals surface area contributed by atoms with Crippen molar-refractivity contribution in [1.82, 2.24) is 14.3 Å². The Hall–Kier alpha value is -1.66. The van der Waals surface area contributed by atoms with Crippen LogP contribution in [0.3, 0.4) is 0 Å². The SMILES string of the molecule is Cc1cn2c(/C=C/C(=O)N3CC(C)OC(C)(C)C3)c(C)nc2s1. The number of aryl methyl sites for hydroxylation is 2. The van der Waals surface area contributed by atoms with Crippen molar-refractivity contribution in [2.45, 2.75) is 46.3 Å². The first-order chi connectivity index (χ1) is 10.7. The number of rotatable bonds is 2. The maximum absolute atomic E-state index is 12.5. The Bertz CT molecular complexity index is 772. The van der Waals surface area contributed by atoms with E-state index in [4.69, 9.17) is 4.74 Å². The highest BCUT2D eigenvalue weighted by Crippen LogP contribution is 2.23. The molecular formula is C17H23N3O2S. The van der Waals surface area contributed by atoms with Crippen LogP contribution in [0.2, 0.25) is 0 Å². The number of ether oxygens (including phenoxy) is 1. The smallest absolute Gasteiger partial charge is 0.246 e. The third kappa shape index (κ3) is 3.33. The minimum absolute atomic E-state index is 0.0227. The van der Waals surface area contributed by atoms with E-state index in [9.17, 15) is 4.79 Å². The first kappa shape index (κ1) is 16.2. The van der Waals surface area contributed by atoms with Crippen molar-refractivity contribution < 1.29 is 9.53 Å². The Labute approximate surface area is 140 Å². The fraction of sp³-hybridized carbons (Fsp3) is 0.529. The van der Waals surface area contributed by atoms with Gasteiger partial charge in [-0.25, -0.2) is 4.98 Å². The van der Waals surface area contributed by atoms with Gasteiger partial charge in [0.15, 0.2) is 4.96 Å². The van der Waals surface area contributed by atoms with Crippen molar-refractivity contribution in [3.63, 3.8) is 0 Å². The fourth-order valence-corrected chi connectivity index (χ4v) is 4.04. The third-order valence-electron chi connectivity index (χ3n) is 3.93. The molecular weight excluding hydrogens is 310 g/mol. The molecule has 3 heterocycles. The predicted octanol–water partition coefficient (Wildman–Crippen LogP) is 3.05. The van der Waals surface area contributed by atoms with Crippen LogP contribution < -0.4 is 0 Å². The number of morpholine rings is 1. The average Bonchev–Trinajstić information content (AvgIpc) is 2.89. The van der Waals surface area contributed by atoms with E-state index in [0.717, 1.165) is 16.3 Å². The van der Waals surface area contributed by atoms with Crippen molar-refractivity contribution in [3.8, 4) is 0 Å². The first-order valence-electron chi connectivity index (χ1n) is 7.85. The summed E-state index contributed by atoms with van der Waals surface area (Å²) >= 11 is 1.66. The molecule has 124 valence electrons. The minimum atomic E-state index is -0.300. The Kier molecular flexibility index (Phi) is 4.06. The van der Waals surface area contributed by atoms with Gasteiger partial charge < -0.3 is 9.64 Å². The lowest BCUT2D eigenvalue weighted by atomic mass is 10.1. The molecule has 0 saturated carbocycles. The first-order valence-corrected chi connectivity index (χ1v) is 8.67. The molecule has 23 heavy (non-hydrogen) atoms. The zero-order valence-corrected chi connectivity index (χ0v) is 15.1. The lowest BCUT2D eigenvalue weighted by molar-refractivity contribution is -0.153. The van der Waals surface area contributed by atoms with Crippen LogP contribution in [0.15, 0.2) is 12.3 Å². The van der Waals surface area contributed by atoms with Gasteiger partial charge in [0.25, 0.3) is 0 Å². The largest absolute Gasteiger partial charge is 0.369 e. The number of nitrogens with zero attached hydrogens (tertiary/aromatic N) is 3. The summed E-state index contributed by atoms with van der Waals surface area (Å²) in [5, 5.41) is 0. The molecule has 0 spiro atoms. The topological polar surface area (TPSA) is 46.8 Å². The highest BCUT2D eigenvalue weighted by molar-refractivity contribution is 7.17. The molecule has 0 N–H and O–H groups in total. The number of carbonyl (C=O) groups is 1. The molecule has 1 unspecified atom stereocenters. The molecule has 0 aromatic carbocycles. The standard InChI is InChI=1S/C17H23N3O2S/c1-11-8-19(10-17(4,5)22-11)15(21)7-6-14-13(3)18-16-20(14)9-12(2)23-16/h6-7,9,11H,8,10H2,1-5H3/b7-6+. The number of fused-ring (bicyclic) bond motifs is 1. The highest BCUT2D eigenvalue weighted by Gasteiger charge is 2.32. The predicted molar refractivity (Wildman–Crippen MR) is 92.8 cm³/mol. The molecule has 2 aromatic heterocycles. The molecule has 0 aliphatic carbocycles. The number of thiazole rings is 1. The van der Waals surface area contributed by atoms with Crippen LogP contribution >= 0.6 is 11.3 Å². The van der Waals surface area contributed by atoms with E-state index in [2.05, 4.69) is 18.1 Å². The van der Waals surface area contributed by atoms with E-state index in [1.807, 2.05) is 43.1 Å². The molecule has 1 aliphatic rings. The summed E-state index contributed by atoms with van der Waals surface area (Å²) in [6.45, 7) is 11.3. The van der Waals surface area contributed by atoms with Crippen molar-refractivity contribution in [1.29, 1.82) is 0 Å². The Balaban J connectivity index is 1.81. The van der Waals surface area contributed by atoms with Gasteiger partial charge in [-0.05, 0) is 40.7 Å². The summed E-state index contributed by atoms with van der Waals surface area (Å²) in [6, 6.07) is 0. The second-order valence-electron chi connectivity index (χ2n) is 6.82. The quantitative estimate of drug-likeness (QED) is 0.794. The molecule has 6 heteroatoms. The van der Waals surface area contributed by atoms with Crippen LogP contribution in [-0.4, -0.2) is 45.0 Å². The summed E-state index contributed by atoms with van der Waals surface area (Å²) in [5.41, 5.74) is 1.61. The molecule has 1 aliphatic heterocycles. The number of carbonyl (C=O) groups excluding carboxylic acids is 1. The zero-order chi connectivity index (χ0) is 16.8. The maximum atomic E-state index is 12.5. The number of hydrogen-bond donors (Lipinski definition) is 0. The molecule has 2 aromatic rings. The highest BCUT2D eigenvalue weighted by atomic mass is 32.1. The molecule has 1 fully saturated rings. The van der Waals surface area contributed by atoms with E-state index in [0.29, 0.717) is 13.1 Å². The number of imidazole rings is 1. The van der Waals surface area contributed by atoms with Crippen LogP contribution in [0.5, 0.6) is 0 Å². The molecule has 5 nitrogen and oxygen atoms in total. The molecule has 0 radical (unpaired) electrons. The molecule has 0 bridgehead atoms. The summed E-state index contributed by atoms with van der Waals surface area (Å²) in [4.78, 5) is 21.1. The van der Waals surface area contributed by atoms with Gasteiger partial charge in [0.05, 0.1) is 23.1 Å². The van der Waals surface area contributed by atoms with Gasteiger partial charge in [-0.3, -0.25) is 9.20 Å². The molecule has 3 rings (SSSR count). The van der Waals surface area contributed by atoms with Crippen molar-refractivity contribution >= 4 is 28.3 Å². The van der Waals surface area contributed by atoms with Crippen LogP contribution in [0, 0.1) is 13.8 Å². The van der Waals surface area contributed by atoms with Crippen molar-refractivity contribution in [3.05, 3.63) is 28.5 Å². The van der Waals surface area contributed by atoms with Gasteiger partial charge in [-0.2, -0.15) is 0 Å². The lowest BCUT2D eigenvalue weighted by Gasteiger charge is -2.41. The minimum Gasteiger partial charge on any atom is -0.369 e. The second kappa shape index (κ2) is 5.76. The number of aromatic nitrogens is 2. The fourth-order valence-electron chi connectivity index (χ4n) is 3.16. The van der Waals surface area contributed by atoms with E-state index in [1.54, 1.807) is 17.4 Å². The van der Waals surface area contributed by atoms with Crippen LogP contribution in [0.1, 0.15) is 37.0 Å². The number of amides is 1. The van der Waals surface area contributed by atoms with Crippen LogP contribution in [0.25, 0.3) is 11.0 Å². The van der Waals surface area contributed by atoms with Gasteiger partial charge in [0, 0.05) is 30.2 Å². The average molecular weight is 333 g/mol. The number of hydrogen-bond acceptors (Lipinski definition) is 4. The van der Waals surface area contributed by atoms with Gasteiger partial charge in [0.2, 0.25) is 5.91 Å². The van der Waals surface area contributed by atoms with Crippen LogP contribution in [0.4, 0.5) is 0 Å². The Morgan fingerprint density at radius 2 is 2.22 bits per heavy atom. The summed E-state index contributed by atoms with van der Waals surface area (Å²) in [5.74, 6) is 0.0227. The van der Waals surface area contributed by atoms with E-state index < -0.39 is 0 Å². The summed E-state index contributed by atoms with van der Waals surface area (Å²) < 4.78 is 7.90. The lowest BCUT2D eigenvalue weighted by Crippen LogP contribution is -2.53. The third-order valence-corrected chi connectivity index (χ3v) is 4.83. The summed E-state index contributed by atoms with van der Waals surface area (Å²) in [6.07, 6.45) is 5.64. The van der Waals surface area contributed by atoms with Gasteiger partial charge >= 0.3 is 0 Å². The van der Waals surface area contributed by atoms with Gasteiger partial charge in [0.1, 0.15) is 0 Å². The van der Waals surface area contributed by atoms with Gasteiger partial charge in [-0.1, -0.05) is 0 Å². The van der Waals surface area contributed by atoms with Gasteiger partial charge in [-0.15, -0.1) is 11.3 Å². The van der Waals surface area contributed by atoms with Crippen LogP contribution in [-0.2, 0) is 9.53 Å². The molecule has 1 amide bonds. The maximum Gasteiger partial charge on any atom is 0.246 e.